The van der Waals surface area contributed by atoms with E-state index < -0.39 is 14.3 Å². The van der Waals surface area contributed by atoms with Gasteiger partial charge in [-0.25, -0.2) is 0 Å². The quantitative estimate of drug-likeness (QED) is 0.617. The predicted octanol–water partition coefficient (Wildman–Crippen LogP) is 1.87. The summed E-state index contributed by atoms with van der Waals surface area (Å²) in [5.74, 6) is 0.124. The zero-order valence-electron chi connectivity index (χ0n) is 11.3. The lowest BCUT2D eigenvalue weighted by atomic mass is 9.98. The fraction of sp³-hybridized carbons (Fsp3) is 0.833. The predicted molar refractivity (Wildman–Crippen MR) is 68.7 cm³/mol. The fourth-order valence-electron chi connectivity index (χ4n) is 2.07. The van der Waals surface area contributed by atoms with Crippen LogP contribution in [0, 0.1) is 11.3 Å². The highest BCUT2D eigenvalue weighted by atomic mass is 28.3. The standard InChI is InChI=1S/C12H22N2O2Si/c1-12(2,3)17(4,5)14-9(8-11(14)16)10(15)6-7-13/h9-10,15H,6,8H2,1-5H3. The van der Waals surface area contributed by atoms with E-state index in [1.807, 2.05) is 10.6 Å². The maximum absolute atomic E-state index is 11.8. The Kier molecular flexibility index (Phi) is 3.70. The molecule has 0 radical (unpaired) electrons. The average molecular weight is 254 g/mol. The van der Waals surface area contributed by atoms with E-state index in [4.69, 9.17) is 5.26 Å². The van der Waals surface area contributed by atoms with E-state index in [1.165, 1.54) is 0 Å². The Bertz CT molecular complexity index is 354. The lowest BCUT2D eigenvalue weighted by molar-refractivity contribution is -0.143. The van der Waals surface area contributed by atoms with Crippen molar-refractivity contribution in [2.24, 2.45) is 0 Å². The van der Waals surface area contributed by atoms with Crippen molar-refractivity contribution in [3.8, 4) is 6.07 Å². The Morgan fingerprint density at radius 2 is 2.12 bits per heavy atom. The maximum atomic E-state index is 11.8. The molecule has 0 aromatic heterocycles. The van der Waals surface area contributed by atoms with Gasteiger partial charge in [0.05, 0.1) is 24.6 Å². The van der Waals surface area contributed by atoms with Gasteiger partial charge in [0.15, 0.2) is 8.24 Å². The lowest BCUT2D eigenvalue weighted by Gasteiger charge is -2.55. The molecule has 1 fully saturated rings. The van der Waals surface area contributed by atoms with Gasteiger partial charge in [0, 0.05) is 6.42 Å². The number of nitrogens with zero attached hydrogens (tertiary/aromatic N) is 2. The van der Waals surface area contributed by atoms with Crippen molar-refractivity contribution < 1.29 is 9.90 Å². The van der Waals surface area contributed by atoms with Crippen molar-refractivity contribution >= 4 is 14.1 Å². The molecule has 1 N–H and O–H groups in total. The summed E-state index contributed by atoms with van der Waals surface area (Å²) in [4.78, 5) is 11.8. The Morgan fingerprint density at radius 3 is 2.47 bits per heavy atom. The minimum atomic E-state index is -1.93. The van der Waals surface area contributed by atoms with Gasteiger partial charge in [-0.05, 0) is 5.04 Å². The fourth-order valence-corrected chi connectivity index (χ4v) is 4.60. The van der Waals surface area contributed by atoms with Crippen molar-refractivity contribution in [2.45, 2.75) is 63.9 Å². The van der Waals surface area contributed by atoms with Crippen LogP contribution >= 0.6 is 0 Å². The SMILES string of the molecule is CC(C)(C)[Si](C)(C)N1C(=O)CC1C(O)CC#N. The first-order valence-corrected chi connectivity index (χ1v) is 8.95. The summed E-state index contributed by atoms with van der Waals surface area (Å²) in [7, 11) is -1.93. The van der Waals surface area contributed by atoms with Crippen LogP contribution in [0.3, 0.4) is 0 Å². The zero-order valence-corrected chi connectivity index (χ0v) is 12.3. The molecule has 0 saturated carbocycles. The minimum Gasteiger partial charge on any atom is -0.390 e. The van der Waals surface area contributed by atoms with E-state index in [0.29, 0.717) is 6.42 Å². The van der Waals surface area contributed by atoms with Crippen molar-refractivity contribution in [3.05, 3.63) is 0 Å². The molecule has 0 aromatic rings. The molecule has 1 aliphatic heterocycles. The van der Waals surface area contributed by atoms with E-state index in [-0.39, 0.29) is 23.4 Å². The topological polar surface area (TPSA) is 64.3 Å². The average Bonchev–Trinajstić information content (AvgIpc) is 2.11. The molecule has 96 valence electrons. The molecule has 2 atom stereocenters. The smallest absolute Gasteiger partial charge is 0.217 e. The Morgan fingerprint density at radius 1 is 1.59 bits per heavy atom. The van der Waals surface area contributed by atoms with Crippen molar-refractivity contribution in [3.63, 3.8) is 0 Å². The third-order valence-corrected chi connectivity index (χ3v) is 9.62. The molecule has 0 spiro atoms. The van der Waals surface area contributed by atoms with Crippen LogP contribution in [0.15, 0.2) is 0 Å². The Balaban J connectivity index is 2.89. The lowest BCUT2D eigenvalue weighted by Crippen LogP contribution is -2.70. The molecule has 0 aromatic carbocycles. The molecule has 2 unspecified atom stereocenters. The highest BCUT2D eigenvalue weighted by Crippen LogP contribution is 2.43. The summed E-state index contributed by atoms with van der Waals surface area (Å²) in [6.07, 6.45) is -0.217. The van der Waals surface area contributed by atoms with Crippen LogP contribution in [-0.4, -0.2) is 36.0 Å². The number of carbonyl (C=O) groups excluding carboxylic acids is 1. The third kappa shape index (κ3) is 2.38. The van der Waals surface area contributed by atoms with Gasteiger partial charge in [-0.2, -0.15) is 5.26 Å². The van der Waals surface area contributed by atoms with Crippen molar-refractivity contribution in [1.29, 1.82) is 5.26 Å². The minimum absolute atomic E-state index is 0.0632. The van der Waals surface area contributed by atoms with Gasteiger partial charge in [-0.3, -0.25) is 4.79 Å². The number of aliphatic hydroxyl groups is 1. The number of carbonyl (C=O) groups is 1. The van der Waals surface area contributed by atoms with Gasteiger partial charge < -0.3 is 9.67 Å². The molecule has 5 heteroatoms. The maximum Gasteiger partial charge on any atom is 0.217 e. The molecule has 4 nitrogen and oxygen atoms in total. The van der Waals surface area contributed by atoms with E-state index >= 15 is 0 Å². The number of β-lactam (4-membered cyclic amide) rings is 1. The number of rotatable bonds is 3. The molecular weight excluding hydrogens is 232 g/mol. The number of nitriles is 1. The van der Waals surface area contributed by atoms with Crippen LogP contribution in [0.5, 0.6) is 0 Å². The molecule has 1 heterocycles. The first-order chi connectivity index (χ1) is 7.63. The van der Waals surface area contributed by atoms with Crippen molar-refractivity contribution in [2.75, 3.05) is 0 Å². The number of aliphatic hydroxyl groups excluding tert-OH is 1. The second-order valence-electron chi connectivity index (χ2n) is 6.27. The number of amides is 1. The summed E-state index contributed by atoms with van der Waals surface area (Å²) >= 11 is 0. The second-order valence-corrected chi connectivity index (χ2v) is 11.4. The molecule has 0 aliphatic carbocycles. The van der Waals surface area contributed by atoms with Gasteiger partial charge >= 0.3 is 0 Å². The number of hydrogen-bond acceptors (Lipinski definition) is 3. The van der Waals surface area contributed by atoms with E-state index in [0.717, 1.165) is 0 Å². The zero-order chi connectivity index (χ0) is 13.4. The largest absolute Gasteiger partial charge is 0.390 e. The first kappa shape index (κ1) is 14.2. The molecule has 1 amide bonds. The number of hydrogen-bond donors (Lipinski definition) is 1. The van der Waals surface area contributed by atoms with Crippen LogP contribution in [-0.2, 0) is 4.79 Å². The van der Waals surface area contributed by atoms with Crippen LogP contribution in [0.2, 0.25) is 18.1 Å². The summed E-state index contributed by atoms with van der Waals surface area (Å²) in [5.41, 5.74) is 0. The van der Waals surface area contributed by atoms with E-state index in [9.17, 15) is 9.90 Å². The van der Waals surface area contributed by atoms with Gasteiger partial charge in [-0.15, -0.1) is 0 Å². The van der Waals surface area contributed by atoms with E-state index in [2.05, 4.69) is 33.9 Å². The molecule has 1 aliphatic rings. The molecule has 1 rings (SSSR count). The van der Waals surface area contributed by atoms with Gasteiger partial charge in [0.1, 0.15) is 0 Å². The highest BCUT2D eigenvalue weighted by Gasteiger charge is 2.53. The van der Waals surface area contributed by atoms with Crippen LogP contribution in [0.4, 0.5) is 0 Å². The summed E-state index contributed by atoms with van der Waals surface area (Å²) in [6.45, 7) is 10.7. The van der Waals surface area contributed by atoms with E-state index in [1.54, 1.807) is 0 Å². The second kappa shape index (κ2) is 4.43. The van der Waals surface area contributed by atoms with Gasteiger partial charge in [-0.1, -0.05) is 33.9 Å². The highest BCUT2D eigenvalue weighted by molar-refractivity contribution is 6.80. The molecule has 0 bridgehead atoms. The Hall–Kier alpha value is -0.863. The molecular formula is C12H22N2O2Si. The molecule has 1 saturated heterocycles. The normalized spacial score (nSPS) is 23.0. The third-order valence-electron chi connectivity index (χ3n) is 4.17. The summed E-state index contributed by atoms with van der Waals surface area (Å²) in [6, 6.07) is 1.82. The van der Waals surface area contributed by atoms with Crippen LogP contribution < -0.4 is 0 Å². The van der Waals surface area contributed by atoms with Crippen molar-refractivity contribution in [1.82, 2.24) is 4.57 Å². The van der Waals surface area contributed by atoms with Crippen LogP contribution in [0.25, 0.3) is 0 Å². The summed E-state index contributed by atoms with van der Waals surface area (Å²) < 4.78 is 1.88. The van der Waals surface area contributed by atoms with Crippen LogP contribution in [0.1, 0.15) is 33.6 Å². The summed E-state index contributed by atoms with van der Waals surface area (Å²) in [5, 5.41) is 18.6. The van der Waals surface area contributed by atoms with Gasteiger partial charge in [0.2, 0.25) is 5.91 Å². The Labute approximate surface area is 104 Å². The first-order valence-electron chi connectivity index (χ1n) is 6.00. The molecule has 17 heavy (non-hydrogen) atoms. The monoisotopic (exact) mass is 254 g/mol. The van der Waals surface area contributed by atoms with Gasteiger partial charge in [0.25, 0.3) is 0 Å².